The maximum Gasteiger partial charge on any atom is 0.317 e. The zero-order valence-electron chi connectivity index (χ0n) is 9.65. The summed E-state index contributed by atoms with van der Waals surface area (Å²) in [6.45, 7) is 2.39. The van der Waals surface area contributed by atoms with Gasteiger partial charge < -0.3 is 32.5 Å². The molecule has 0 spiro atoms. The first kappa shape index (κ1) is 25.3. The summed E-state index contributed by atoms with van der Waals surface area (Å²) >= 11 is 3.55. The molecule has 0 aliphatic heterocycles. The lowest BCUT2D eigenvalue weighted by atomic mass is 10.7. The Morgan fingerprint density at radius 2 is 0.944 bits per heavy atom. The lowest BCUT2D eigenvalue weighted by Crippen LogP contribution is -2.10. The predicted molar refractivity (Wildman–Crippen MR) is 69.3 cm³/mol. The molecule has 0 heterocycles. The third-order valence-electron chi connectivity index (χ3n) is 0.524. The van der Waals surface area contributed by atoms with Crippen molar-refractivity contribution in [1.82, 2.24) is 0 Å². The van der Waals surface area contributed by atoms with Crippen LogP contribution < -0.4 is 17.2 Å². The summed E-state index contributed by atoms with van der Waals surface area (Å²) in [7, 11) is 0. The summed E-state index contributed by atoms with van der Waals surface area (Å²) in [5, 5.41) is 24.2. The monoisotopic (exact) mass is 285 g/mol. The maximum atomic E-state index is 9.24. The van der Waals surface area contributed by atoms with E-state index >= 15 is 0 Å². The zero-order valence-corrected chi connectivity index (χ0v) is 10.5. The molecular formula is C8H19N3O6S. The van der Waals surface area contributed by atoms with Crippen molar-refractivity contribution in [2.75, 3.05) is 19.6 Å². The van der Waals surface area contributed by atoms with Crippen molar-refractivity contribution in [3.63, 3.8) is 0 Å². The molecule has 108 valence electrons. The zero-order chi connectivity index (χ0) is 15.6. The van der Waals surface area contributed by atoms with Crippen molar-refractivity contribution in [3.8, 4) is 0 Å². The first-order chi connectivity index (χ1) is 8.22. The fraction of sp³-hybridized carbons (Fsp3) is 0.375. The first-order valence-electron chi connectivity index (χ1n) is 4.24. The number of rotatable bonds is 3. The van der Waals surface area contributed by atoms with E-state index in [9.17, 15) is 14.4 Å². The van der Waals surface area contributed by atoms with Crippen LogP contribution in [0.15, 0.2) is 12.0 Å². The van der Waals surface area contributed by atoms with Crippen LogP contribution in [0.5, 0.6) is 0 Å². The van der Waals surface area contributed by atoms with Crippen molar-refractivity contribution in [3.05, 3.63) is 12.0 Å². The fourth-order valence-corrected chi connectivity index (χ4v) is 0. The van der Waals surface area contributed by atoms with E-state index < -0.39 is 17.9 Å². The highest BCUT2D eigenvalue weighted by Crippen LogP contribution is 1.58. The number of nitrogens with two attached hydrogens (primary N) is 3. The van der Waals surface area contributed by atoms with Crippen LogP contribution in [0, 0.1) is 0 Å². The van der Waals surface area contributed by atoms with Crippen LogP contribution in [0.3, 0.4) is 0 Å². The Hall–Kier alpha value is -1.62. The molecule has 0 atom stereocenters. The molecule has 0 unspecified atom stereocenters. The van der Waals surface area contributed by atoms with E-state index in [0.29, 0.717) is 0 Å². The van der Waals surface area contributed by atoms with Gasteiger partial charge in [-0.1, -0.05) is 6.58 Å². The Balaban J connectivity index is -0.0000000739. The van der Waals surface area contributed by atoms with E-state index in [0.717, 1.165) is 0 Å². The van der Waals surface area contributed by atoms with Crippen LogP contribution in [0.25, 0.3) is 0 Å². The number of carbonyl (C=O) groups is 3. The lowest BCUT2D eigenvalue weighted by molar-refractivity contribution is -0.136. The second-order valence-electron chi connectivity index (χ2n) is 1.98. The van der Waals surface area contributed by atoms with E-state index in [-0.39, 0.29) is 19.6 Å². The highest BCUT2D eigenvalue weighted by Gasteiger charge is 1.81. The molecule has 0 saturated heterocycles. The van der Waals surface area contributed by atoms with Crippen LogP contribution in [0.4, 0.5) is 0 Å². The quantitative estimate of drug-likeness (QED) is 0.292. The van der Waals surface area contributed by atoms with Gasteiger partial charge in [-0.25, -0.2) is 0 Å². The second kappa shape index (κ2) is 24.6. The molecule has 0 rings (SSSR count). The minimum Gasteiger partial charge on any atom is -0.480 e. The molecule has 9 N–H and O–H groups in total. The van der Waals surface area contributed by atoms with Gasteiger partial charge in [0, 0.05) is 0 Å². The van der Waals surface area contributed by atoms with Gasteiger partial charge in [0.25, 0.3) is 0 Å². The number of carboxylic acids is 3. The molecule has 0 aromatic rings. The van der Waals surface area contributed by atoms with Gasteiger partial charge >= 0.3 is 17.9 Å². The highest BCUT2D eigenvalue weighted by molar-refractivity contribution is 7.83. The second-order valence-corrected chi connectivity index (χ2v) is 2.34. The molecule has 0 aromatic carbocycles. The Labute approximate surface area is 110 Å². The van der Waals surface area contributed by atoms with Crippen LogP contribution in [-0.2, 0) is 14.4 Å². The van der Waals surface area contributed by atoms with Gasteiger partial charge in [0.15, 0.2) is 0 Å². The molecule has 0 saturated carbocycles. The van der Waals surface area contributed by atoms with Crippen LogP contribution in [-0.4, -0.2) is 52.9 Å². The van der Waals surface area contributed by atoms with E-state index in [2.05, 4.69) is 36.4 Å². The predicted octanol–water partition coefficient (Wildman–Crippen LogP) is -1.85. The van der Waals surface area contributed by atoms with Crippen molar-refractivity contribution in [2.24, 2.45) is 17.2 Å². The third kappa shape index (κ3) is 134. The van der Waals surface area contributed by atoms with Crippen molar-refractivity contribution < 1.29 is 29.7 Å². The maximum absolute atomic E-state index is 9.24. The molecule has 0 aliphatic carbocycles. The fourth-order valence-electron chi connectivity index (χ4n) is 0. The van der Waals surface area contributed by atoms with Crippen molar-refractivity contribution in [2.45, 2.75) is 0 Å². The van der Waals surface area contributed by atoms with E-state index in [1.807, 2.05) is 0 Å². The number of thiol groups is 1. The molecule has 9 nitrogen and oxygen atoms in total. The van der Waals surface area contributed by atoms with E-state index in [4.69, 9.17) is 15.3 Å². The van der Waals surface area contributed by atoms with Gasteiger partial charge in [0.05, 0.1) is 19.6 Å². The first-order valence-corrected chi connectivity index (χ1v) is 4.75. The average molecular weight is 285 g/mol. The standard InChI is InChI=1S/3C2H5NO2.C2H4S/c3*3-1-2(4)5;1-2-3/h3*1,3H2,(H,4,5);2-3H,1H2. The molecule has 10 heteroatoms. The lowest BCUT2D eigenvalue weighted by Gasteiger charge is -1.73. The normalized spacial score (nSPS) is 6.89. The number of aliphatic carboxylic acids is 3. The molecule has 18 heavy (non-hydrogen) atoms. The minimum absolute atomic E-state index is 0.278. The Kier molecular flexibility index (Phi) is 34.5. The molecule has 0 aromatic heterocycles. The summed E-state index contributed by atoms with van der Waals surface area (Å²) in [6, 6.07) is 0. The largest absolute Gasteiger partial charge is 0.480 e. The molecule has 0 aliphatic rings. The summed E-state index contributed by atoms with van der Waals surface area (Å²) < 4.78 is 0. The van der Waals surface area contributed by atoms with Crippen LogP contribution in [0.1, 0.15) is 0 Å². The van der Waals surface area contributed by atoms with Gasteiger partial charge in [-0.2, -0.15) is 12.6 Å². The smallest absolute Gasteiger partial charge is 0.317 e. The van der Waals surface area contributed by atoms with Gasteiger partial charge in [-0.05, 0) is 5.41 Å². The number of hydrogen-bond donors (Lipinski definition) is 7. The molecular weight excluding hydrogens is 266 g/mol. The van der Waals surface area contributed by atoms with Crippen molar-refractivity contribution in [1.29, 1.82) is 0 Å². The van der Waals surface area contributed by atoms with Crippen LogP contribution in [0.2, 0.25) is 0 Å². The van der Waals surface area contributed by atoms with E-state index in [1.54, 1.807) is 0 Å². The average Bonchev–Trinajstić information content (AvgIpc) is 2.31. The third-order valence-corrected chi connectivity index (χ3v) is 0.524. The Morgan fingerprint density at radius 1 is 0.889 bits per heavy atom. The van der Waals surface area contributed by atoms with Gasteiger partial charge in [-0.3, -0.25) is 14.4 Å². The summed E-state index contributed by atoms with van der Waals surface area (Å²) in [6.07, 6.45) is 0. The number of carboxylic acid groups (broad SMARTS) is 3. The Morgan fingerprint density at radius 3 is 0.944 bits per heavy atom. The molecule has 0 amide bonds. The molecule has 0 radical (unpaired) electrons. The van der Waals surface area contributed by atoms with Crippen molar-refractivity contribution >= 4 is 30.5 Å². The van der Waals surface area contributed by atoms with E-state index in [1.165, 1.54) is 5.41 Å². The van der Waals surface area contributed by atoms with Crippen LogP contribution >= 0.6 is 12.6 Å². The SMILES string of the molecule is C=CS.NCC(=O)O.NCC(=O)O.NCC(=O)O. The summed E-state index contributed by atoms with van der Waals surface area (Å²) in [5.41, 5.74) is 13.7. The number of hydrogen-bond acceptors (Lipinski definition) is 7. The topological polar surface area (TPSA) is 190 Å². The summed E-state index contributed by atoms with van der Waals surface area (Å²) in [5.74, 6) is -2.90. The van der Waals surface area contributed by atoms with Gasteiger partial charge in [0.1, 0.15) is 0 Å². The van der Waals surface area contributed by atoms with Gasteiger partial charge in [0.2, 0.25) is 0 Å². The summed E-state index contributed by atoms with van der Waals surface area (Å²) in [4.78, 5) is 27.7. The van der Waals surface area contributed by atoms with Gasteiger partial charge in [-0.15, -0.1) is 0 Å². The molecule has 0 bridgehead atoms. The molecule has 0 fully saturated rings. The Bertz CT molecular complexity index is 204. The minimum atomic E-state index is -0.968. The highest BCUT2D eigenvalue weighted by atomic mass is 32.1.